The first-order valence-electron chi connectivity index (χ1n) is 8.04. The van der Waals surface area contributed by atoms with Gasteiger partial charge in [0, 0.05) is 0 Å². The van der Waals surface area contributed by atoms with E-state index in [2.05, 4.69) is 24.3 Å². The van der Waals surface area contributed by atoms with Gasteiger partial charge in [-0.15, -0.1) is 0 Å². The summed E-state index contributed by atoms with van der Waals surface area (Å²) < 4.78 is 5.45. The SMILES string of the molecule is O[C@H](c1ccccc1)[C@@H](C[NH+]1CCOCC1)c1ccccc1. The Labute approximate surface area is 132 Å². The van der Waals surface area contributed by atoms with E-state index in [4.69, 9.17) is 4.74 Å². The molecule has 1 aliphatic heterocycles. The average molecular weight is 298 g/mol. The summed E-state index contributed by atoms with van der Waals surface area (Å²) in [6.07, 6.45) is -0.473. The molecular formula is C19H24NO2+. The Morgan fingerprint density at radius 3 is 2.00 bits per heavy atom. The number of morpholine rings is 1. The van der Waals surface area contributed by atoms with E-state index in [1.165, 1.54) is 10.5 Å². The highest BCUT2D eigenvalue weighted by atomic mass is 16.5. The van der Waals surface area contributed by atoms with Gasteiger partial charge in [0.1, 0.15) is 13.1 Å². The fourth-order valence-electron chi connectivity index (χ4n) is 3.17. The van der Waals surface area contributed by atoms with Gasteiger partial charge in [0.05, 0.1) is 31.8 Å². The van der Waals surface area contributed by atoms with Gasteiger partial charge < -0.3 is 14.7 Å². The van der Waals surface area contributed by atoms with E-state index in [9.17, 15) is 5.11 Å². The standard InChI is InChI=1S/C19H23NO2/c21-19(17-9-5-2-6-10-17)18(16-7-3-1-4-8-16)15-20-11-13-22-14-12-20/h1-10,18-19,21H,11-15H2/p+1/t18-,19+/m0/s1. The Balaban J connectivity index is 1.82. The lowest BCUT2D eigenvalue weighted by Gasteiger charge is -2.30. The van der Waals surface area contributed by atoms with Crippen molar-refractivity contribution in [2.45, 2.75) is 12.0 Å². The van der Waals surface area contributed by atoms with E-state index >= 15 is 0 Å². The number of aliphatic hydroxyl groups excluding tert-OH is 1. The zero-order valence-corrected chi connectivity index (χ0v) is 12.8. The maximum absolute atomic E-state index is 10.9. The highest BCUT2D eigenvalue weighted by molar-refractivity contribution is 5.26. The van der Waals surface area contributed by atoms with Crippen LogP contribution < -0.4 is 4.90 Å². The largest absolute Gasteiger partial charge is 0.388 e. The number of aliphatic hydroxyl groups is 1. The number of nitrogens with one attached hydrogen (secondary N) is 1. The first kappa shape index (κ1) is 15.2. The fourth-order valence-corrected chi connectivity index (χ4v) is 3.17. The van der Waals surface area contributed by atoms with Crippen molar-refractivity contribution in [1.82, 2.24) is 0 Å². The fraction of sp³-hybridized carbons (Fsp3) is 0.368. The van der Waals surface area contributed by atoms with E-state index in [-0.39, 0.29) is 5.92 Å². The van der Waals surface area contributed by atoms with Gasteiger partial charge in [0.25, 0.3) is 0 Å². The van der Waals surface area contributed by atoms with Crippen LogP contribution in [0.25, 0.3) is 0 Å². The topological polar surface area (TPSA) is 33.9 Å². The molecule has 0 saturated carbocycles. The molecule has 2 aromatic carbocycles. The molecule has 0 unspecified atom stereocenters. The minimum absolute atomic E-state index is 0.108. The summed E-state index contributed by atoms with van der Waals surface area (Å²) in [4.78, 5) is 1.51. The molecule has 1 heterocycles. The number of ether oxygens (including phenoxy) is 1. The van der Waals surface area contributed by atoms with E-state index < -0.39 is 6.10 Å². The molecule has 3 heteroatoms. The van der Waals surface area contributed by atoms with Crippen molar-refractivity contribution >= 4 is 0 Å². The second-order valence-electron chi connectivity index (χ2n) is 5.94. The number of benzene rings is 2. The molecule has 0 amide bonds. The van der Waals surface area contributed by atoms with Gasteiger partial charge in [-0.05, 0) is 11.1 Å². The first-order chi connectivity index (χ1) is 10.8. The molecule has 1 aliphatic rings. The maximum atomic E-state index is 10.9. The van der Waals surface area contributed by atoms with Crippen molar-refractivity contribution in [3.63, 3.8) is 0 Å². The summed E-state index contributed by atoms with van der Waals surface area (Å²) >= 11 is 0. The molecule has 2 aromatic rings. The van der Waals surface area contributed by atoms with Crippen LogP contribution >= 0.6 is 0 Å². The summed E-state index contributed by atoms with van der Waals surface area (Å²) in [6.45, 7) is 4.61. The lowest BCUT2D eigenvalue weighted by molar-refractivity contribution is -0.909. The molecule has 116 valence electrons. The van der Waals surface area contributed by atoms with E-state index in [0.29, 0.717) is 0 Å². The average Bonchev–Trinajstić information content (AvgIpc) is 2.61. The van der Waals surface area contributed by atoms with Crippen molar-refractivity contribution in [3.8, 4) is 0 Å². The van der Waals surface area contributed by atoms with Crippen LogP contribution in [0.15, 0.2) is 60.7 Å². The van der Waals surface area contributed by atoms with Gasteiger partial charge in [-0.3, -0.25) is 0 Å². The van der Waals surface area contributed by atoms with Crippen LogP contribution in [0.2, 0.25) is 0 Å². The monoisotopic (exact) mass is 298 g/mol. The van der Waals surface area contributed by atoms with Crippen molar-refractivity contribution in [3.05, 3.63) is 71.8 Å². The van der Waals surface area contributed by atoms with Crippen LogP contribution in [-0.4, -0.2) is 38.0 Å². The van der Waals surface area contributed by atoms with E-state index in [1.807, 2.05) is 36.4 Å². The molecule has 2 N–H and O–H groups in total. The van der Waals surface area contributed by atoms with Gasteiger partial charge in [0.2, 0.25) is 0 Å². The van der Waals surface area contributed by atoms with Crippen LogP contribution in [0.4, 0.5) is 0 Å². The normalized spacial score (nSPS) is 18.8. The second-order valence-corrected chi connectivity index (χ2v) is 5.94. The quantitative estimate of drug-likeness (QED) is 0.875. The predicted octanol–water partition coefficient (Wildman–Crippen LogP) is 1.42. The molecular weight excluding hydrogens is 274 g/mol. The van der Waals surface area contributed by atoms with Crippen LogP contribution in [0, 0.1) is 0 Å². The minimum Gasteiger partial charge on any atom is -0.388 e. The van der Waals surface area contributed by atoms with Crippen molar-refractivity contribution in [2.24, 2.45) is 0 Å². The van der Waals surface area contributed by atoms with Crippen LogP contribution in [0.5, 0.6) is 0 Å². The van der Waals surface area contributed by atoms with Crippen LogP contribution in [0.3, 0.4) is 0 Å². The Morgan fingerprint density at radius 2 is 1.41 bits per heavy atom. The molecule has 1 fully saturated rings. The highest BCUT2D eigenvalue weighted by Crippen LogP contribution is 2.29. The molecule has 2 atom stereocenters. The van der Waals surface area contributed by atoms with E-state index in [0.717, 1.165) is 38.4 Å². The summed E-state index contributed by atoms with van der Waals surface area (Å²) in [5, 5.41) is 10.9. The molecule has 0 aromatic heterocycles. The third-order valence-corrected chi connectivity index (χ3v) is 4.46. The molecule has 3 rings (SSSR count). The van der Waals surface area contributed by atoms with Gasteiger partial charge in [-0.1, -0.05) is 60.7 Å². The molecule has 0 bridgehead atoms. The smallest absolute Gasteiger partial charge is 0.101 e. The number of hydrogen-bond acceptors (Lipinski definition) is 2. The Morgan fingerprint density at radius 1 is 0.864 bits per heavy atom. The molecule has 3 nitrogen and oxygen atoms in total. The lowest BCUT2D eigenvalue weighted by Crippen LogP contribution is -3.14. The molecule has 0 aliphatic carbocycles. The van der Waals surface area contributed by atoms with Gasteiger partial charge in [0.15, 0.2) is 0 Å². The van der Waals surface area contributed by atoms with Crippen LogP contribution in [0.1, 0.15) is 23.1 Å². The Bertz CT molecular complexity index is 552. The predicted molar refractivity (Wildman–Crippen MR) is 87.0 cm³/mol. The third-order valence-electron chi connectivity index (χ3n) is 4.46. The highest BCUT2D eigenvalue weighted by Gasteiger charge is 2.28. The summed E-state index contributed by atoms with van der Waals surface area (Å²) in [7, 11) is 0. The van der Waals surface area contributed by atoms with Crippen molar-refractivity contribution in [1.29, 1.82) is 0 Å². The summed E-state index contributed by atoms with van der Waals surface area (Å²) in [5.74, 6) is 0.108. The molecule has 22 heavy (non-hydrogen) atoms. The molecule has 0 radical (unpaired) electrons. The maximum Gasteiger partial charge on any atom is 0.101 e. The summed E-state index contributed by atoms with van der Waals surface area (Å²) in [6, 6.07) is 20.4. The Kier molecular flexibility index (Phi) is 5.22. The number of quaternary nitrogens is 1. The summed E-state index contributed by atoms with van der Waals surface area (Å²) in [5.41, 5.74) is 2.20. The lowest BCUT2D eigenvalue weighted by atomic mass is 9.88. The third kappa shape index (κ3) is 3.74. The molecule has 0 spiro atoms. The minimum atomic E-state index is -0.473. The van der Waals surface area contributed by atoms with Crippen molar-refractivity contribution < 1.29 is 14.7 Å². The van der Waals surface area contributed by atoms with Crippen LogP contribution in [-0.2, 0) is 4.74 Å². The van der Waals surface area contributed by atoms with Crippen molar-refractivity contribution in [2.75, 3.05) is 32.8 Å². The van der Waals surface area contributed by atoms with Gasteiger partial charge >= 0.3 is 0 Å². The van der Waals surface area contributed by atoms with E-state index in [1.54, 1.807) is 0 Å². The second kappa shape index (κ2) is 7.54. The zero-order valence-electron chi connectivity index (χ0n) is 12.8. The van der Waals surface area contributed by atoms with Gasteiger partial charge in [-0.25, -0.2) is 0 Å². The Hall–Kier alpha value is -1.68. The van der Waals surface area contributed by atoms with Gasteiger partial charge in [-0.2, -0.15) is 0 Å². The first-order valence-corrected chi connectivity index (χ1v) is 8.04. The number of hydrogen-bond donors (Lipinski definition) is 2. The zero-order chi connectivity index (χ0) is 15.2. The molecule has 1 saturated heterocycles. The number of rotatable bonds is 5.